The number of unbranched alkanes of at least 4 members (excludes halogenated alkanes) is 9. The first-order valence-electron chi connectivity index (χ1n) is 8.94. The summed E-state index contributed by atoms with van der Waals surface area (Å²) in [5.41, 5.74) is 0.800. The van der Waals surface area contributed by atoms with Crippen molar-refractivity contribution in [2.75, 3.05) is 14.2 Å². The van der Waals surface area contributed by atoms with E-state index in [9.17, 15) is 9.59 Å². The quantitative estimate of drug-likeness (QED) is 0.273. The zero-order valence-electron chi connectivity index (χ0n) is 15.4. The van der Waals surface area contributed by atoms with Crippen molar-refractivity contribution in [1.82, 2.24) is 0 Å². The van der Waals surface area contributed by atoms with Gasteiger partial charge in [-0.2, -0.15) is 0 Å². The van der Waals surface area contributed by atoms with Crippen LogP contribution in [-0.2, 0) is 19.1 Å². The molecule has 134 valence electrons. The van der Waals surface area contributed by atoms with E-state index in [2.05, 4.69) is 11.7 Å². The highest BCUT2D eigenvalue weighted by Gasteiger charge is 2.18. The molecule has 0 saturated heterocycles. The average molecular weight is 326 g/mol. The highest BCUT2D eigenvalue weighted by atomic mass is 16.5. The van der Waals surface area contributed by atoms with Crippen molar-refractivity contribution in [2.45, 2.75) is 84.5 Å². The molecule has 0 fully saturated rings. The van der Waals surface area contributed by atoms with E-state index >= 15 is 0 Å². The minimum Gasteiger partial charge on any atom is -0.466 e. The zero-order valence-corrected chi connectivity index (χ0v) is 15.4. The summed E-state index contributed by atoms with van der Waals surface area (Å²) in [6.45, 7) is 3.85. The Morgan fingerprint density at radius 1 is 0.696 bits per heavy atom. The number of carbonyl (C=O) groups is 2. The SMILES string of the molecule is CCCCCCCCCCCC/C(C(=O)OC)=C(\C)C(=O)OC. The molecule has 0 heterocycles. The maximum Gasteiger partial charge on any atom is 0.334 e. The Hall–Kier alpha value is -1.32. The summed E-state index contributed by atoms with van der Waals surface area (Å²) in [7, 11) is 2.66. The Morgan fingerprint density at radius 3 is 1.57 bits per heavy atom. The lowest BCUT2D eigenvalue weighted by molar-refractivity contribution is -0.139. The first kappa shape index (κ1) is 21.7. The number of esters is 2. The molecule has 0 spiro atoms. The summed E-state index contributed by atoms with van der Waals surface area (Å²) in [6, 6.07) is 0. The fourth-order valence-electron chi connectivity index (χ4n) is 2.63. The number of hydrogen-bond donors (Lipinski definition) is 0. The van der Waals surface area contributed by atoms with E-state index in [-0.39, 0.29) is 0 Å². The van der Waals surface area contributed by atoms with Gasteiger partial charge in [-0.3, -0.25) is 0 Å². The molecule has 0 atom stereocenters. The van der Waals surface area contributed by atoms with E-state index in [1.54, 1.807) is 6.92 Å². The van der Waals surface area contributed by atoms with Gasteiger partial charge in [-0.25, -0.2) is 9.59 Å². The molecular weight excluding hydrogens is 292 g/mol. The van der Waals surface area contributed by atoms with Crippen molar-refractivity contribution in [3.05, 3.63) is 11.1 Å². The topological polar surface area (TPSA) is 52.6 Å². The summed E-state index contributed by atoms with van der Waals surface area (Å²) in [4.78, 5) is 23.3. The van der Waals surface area contributed by atoms with Crippen molar-refractivity contribution in [3.63, 3.8) is 0 Å². The van der Waals surface area contributed by atoms with E-state index < -0.39 is 11.9 Å². The molecule has 0 aliphatic heterocycles. The third kappa shape index (κ3) is 10.1. The molecule has 0 saturated carbocycles. The van der Waals surface area contributed by atoms with Gasteiger partial charge in [0.2, 0.25) is 0 Å². The summed E-state index contributed by atoms with van der Waals surface area (Å²) >= 11 is 0. The van der Waals surface area contributed by atoms with Crippen LogP contribution in [0.3, 0.4) is 0 Å². The summed E-state index contributed by atoms with van der Waals surface area (Å²) in [5, 5.41) is 0. The number of ether oxygens (including phenoxy) is 2. The molecule has 4 nitrogen and oxygen atoms in total. The first-order valence-corrected chi connectivity index (χ1v) is 8.94. The Balaban J connectivity index is 3.98. The average Bonchev–Trinajstić information content (AvgIpc) is 2.57. The third-order valence-corrected chi connectivity index (χ3v) is 4.16. The second-order valence-electron chi connectivity index (χ2n) is 6.02. The van der Waals surface area contributed by atoms with E-state index in [4.69, 9.17) is 4.74 Å². The van der Waals surface area contributed by atoms with Crippen molar-refractivity contribution >= 4 is 11.9 Å². The lowest BCUT2D eigenvalue weighted by Crippen LogP contribution is -2.13. The number of carbonyl (C=O) groups excluding carboxylic acids is 2. The van der Waals surface area contributed by atoms with Gasteiger partial charge >= 0.3 is 11.9 Å². The summed E-state index contributed by atoms with van der Waals surface area (Å²) in [5.74, 6) is -0.888. The first-order chi connectivity index (χ1) is 11.1. The zero-order chi connectivity index (χ0) is 17.5. The molecule has 0 unspecified atom stereocenters. The molecule has 0 aromatic heterocycles. The fourth-order valence-corrected chi connectivity index (χ4v) is 2.63. The lowest BCUT2D eigenvalue weighted by Gasteiger charge is -2.09. The van der Waals surface area contributed by atoms with E-state index in [0.29, 0.717) is 17.6 Å². The van der Waals surface area contributed by atoms with Crippen LogP contribution < -0.4 is 0 Å². The van der Waals surface area contributed by atoms with Gasteiger partial charge in [0.05, 0.1) is 14.2 Å². The molecule has 0 radical (unpaired) electrons. The predicted molar refractivity (Wildman–Crippen MR) is 93.2 cm³/mol. The molecule has 0 amide bonds. The van der Waals surface area contributed by atoms with Crippen LogP contribution in [0.2, 0.25) is 0 Å². The Morgan fingerprint density at radius 2 is 1.13 bits per heavy atom. The third-order valence-electron chi connectivity index (χ3n) is 4.16. The normalized spacial score (nSPS) is 11.8. The van der Waals surface area contributed by atoms with Crippen LogP contribution in [-0.4, -0.2) is 26.2 Å². The standard InChI is InChI=1S/C19H34O4/c1-5-6-7-8-9-10-11-12-13-14-15-17(19(21)23-4)16(2)18(20)22-3/h5-15H2,1-4H3/b17-16-. The largest absolute Gasteiger partial charge is 0.466 e. The van der Waals surface area contributed by atoms with Crippen molar-refractivity contribution < 1.29 is 19.1 Å². The van der Waals surface area contributed by atoms with Gasteiger partial charge in [0, 0.05) is 11.1 Å². The Labute approximate surface area is 141 Å². The number of rotatable bonds is 13. The Kier molecular flexibility index (Phi) is 13.5. The van der Waals surface area contributed by atoms with E-state index in [0.717, 1.165) is 12.8 Å². The van der Waals surface area contributed by atoms with Gasteiger partial charge in [-0.1, -0.05) is 64.7 Å². The highest BCUT2D eigenvalue weighted by molar-refractivity contribution is 5.99. The molecule has 0 aliphatic rings. The predicted octanol–water partition coefficient (Wildman–Crippen LogP) is 4.96. The van der Waals surface area contributed by atoms with Crippen LogP contribution in [0.5, 0.6) is 0 Å². The van der Waals surface area contributed by atoms with Crippen LogP contribution in [0.4, 0.5) is 0 Å². The maximum absolute atomic E-state index is 11.8. The minimum absolute atomic E-state index is 0.357. The molecule has 0 rings (SSSR count). The molecular formula is C19H34O4. The number of hydrogen-bond acceptors (Lipinski definition) is 4. The van der Waals surface area contributed by atoms with Gasteiger partial charge in [-0.15, -0.1) is 0 Å². The molecule has 0 aromatic rings. The van der Waals surface area contributed by atoms with Gasteiger partial charge in [-0.05, 0) is 19.8 Å². The maximum atomic E-state index is 11.8. The van der Waals surface area contributed by atoms with Gasteiger partial charge in [0.25, 0.3) is 0 Å². The van der Waals surface area contributed by atoms with Crippen molar-refractivity contribution in [2.24, 2.45) is 0 Å². The second kappa shape index (κ2) is 14.3. The van der Waals surface area contributed by atoms with Gasteiger partial charge in [0.1, 0.15) is 0 Å². The van der Waals surface area contributed by atoms with E-state index in [1.165, 1.54) is 65.6 Å². The minimum atomic E-state index is -0.461. The molecule has 0 N–H and O–H groups in total. The van der Waals surface area contributed by atoms with E-state index in [1.807, 2.05) is 0 Å². The highest BCUT2D eigenvalue weighted by Crippen LogP contribution is 2.18. The van der Waals surface area contributed by atoms with Crippen molar-refractivity contribution in [3.8, 4) is 0 Å². The van der Waals surface area contributed by atoms with Gasteiger partial charge in [0.15, 0.2) is 0 Å². The monoisotopic (exact) mass is 326 g/mol. The summed E-state index contributed by atoms with van der Waals surface area (Å²) in [6.07, 6.45) is 12.9. The van der Waals surface area contributed by atoms with Crippen LogP contribution in [0.15, 0.2) is 11.1 Å². The smallest absolute Gasteiger partial charge is 0.334 e. The van der Waals surface area contributed by atoms with Gasteiger partial charge < -0.3 is 9.47 Å². The van der Waals surface area contributed by atoms with Crippen molar-refractivity contribution in [1.29, 1.82) is 0 Å². The van der Waals surface area contributed by atoms with Crippen LogP contribution >= 0.6 is 0 Å². The van der Waals surface area contributed by atoms with Crippen LogP contribution in [0, 0.1) is 0 Å². The molecule has 0 aromatic carbocycles. The fraction of sp³-hybridized carbons (Fsp3) is 0.789. The second-order valence-corrected chi connectivity index (χ2v) is 6.02. The molecule has 23 heavy (non-hydrogen) atoms. The Bertz CT molecular complexity index is 372. The molecule has 4 heteroatoms. The van der Waals surface area contributed by atoms with Crippen LogP contribution in [0.1, 0.15) is 84.5 Å². The lowest BCUT2D eigenvalue weighted by atomic mass is 10.0. The molecule has 0 bridgehead atoms. The molecule has 0 aliphatic carbocycles. The number of methoxy groups -OCH3 is 2. The van der Waals surface area contributed by atoms with Crippen LogP contribution in [0.25, 0.3) is 0 Å². The summed E-state index contributed by atoms with van der Waals surface area (Å²) < 4.78 is 9.45.